The van der Waals surface area contributed by atoms with Crippen molar-refractivity contribution in [1.29, 1.82) is 0 Å². The lowest BCUT2D eigenvalue weighted by Gasteiger charge is -2.13. The van der Waals surface area contributed by atoms with Crippen LogP contribution >= 0.6 is 0 Å². The molecular formula is C19H24N4O. The minimum absolute atomic E-state index is 0.554. The summed E-state index contributed by atoms with van der Waals surface area (Å²) in [6, 6.07) is 9.71. The van der Waals surface area contributed by atoms with Gasteiger partial charge in [0.2, 0.25) is 5.88 Å². The molecule has 0 saturated heterocycles. The number of pyridine rings is 1. The summed E-state index contributed by atoms with van der Waals surface area (Å²) in [7, 11) is 0. The third kappa shape index (κ3) is 3.07. The Hall–Kier alpha value is -2.56. The van der Waals surface area contributed by atoms with Crippen LogP contribution in [-0.2, 0) is 0 Å². The van der Waals surface area contributed by atoms with Gasteiger partial charge in [-0.2, -0.15) is 0 Å². The summed E-state index contributed by atoms with van der Waals surface area (Å²) in [6.07, 6.45) is 2.27. The highest BCUT2D eigenvalue weighted by Gasteiger charge is 2.18. The van der Waals surface area contributed by atoms with Crippen molar-refractivity contribution in [2.24, 2.45) is 0 Å². The zero-order valence-electron chi connectivity index (χ0n) is 14.8. The molecule has 3 rings (SSSR count). The number of aromatic nitrogens is 3. The third-order valence-corrected chi connectivity index (χ3v) is 4.17. The summed E-state index contributed by atoms with van der Waals surface area (Å²) >= 11 is 0. The van der Waals surface area contributed by atoms with Crippen LogP contribution in [0.2, 0.25) is 0 Å². The number of ether oxygens (including phenoxy) is 1. The maximum atomic E-state index is 6.01. The first-order valence-corrected chi connectivity index (χ1v) is 8.44. The summed E-state index contributed by atoms with van der Waals surface area (Å²) in [5, 5.41) is 0. The van der Waals surface area contributed by atoms with Crippen molar-refractivity contribution in [3.8, 4) is 11.6 Å². The number of benzene rings is 1. The molecule has 5 nitrogen and oxygen atoms in total. The normalized spacial score (nSPS) is 11.0. The molecule has 126 valence electrons. The lowest BCUT2D eigenvalue weighted by Crippen LogP contribution is -2.17. The van der Waals surface area contributed by atoms with Crippen molar-refractivity contribution in [3.63, 3.8) is 0 Å². The molecule has 0 unspecified atom stereocenters. The second kappa shape index (κ2) is 6.91. The van der Waals surface area contributed by atoms with E-state index in [2.05, 4.69) is 28.9 Å². The van der Waals surface area contributed by atoms with E-state index < -0.39 is 0 Å². The Morgan fingerprint density at radius 2 is 1.83 bits per heavy atom. The summed E-state index contributed by atoms with van der Waals surface area (Å²) in [5.74, 6) is 2.23. The molecule has 24 heavy (non-hydrogen) atoms. The number of nitrogens with zero attached hydrogens (tertiary/aromatic N) is 3. The second-order valence-corrected chi connectivity index (χ2v) is 6.00. The van der Waals surface area contributed by atoms with Gasteiger partial charge in [-0.15, -0.1) is 0 Å². The SMILES string of the molecule is CCCCNn1c(C)nc2c(Oc3ccccc3)nc(C)c(C)c21. The summed E-state index contributed by atoms with van der Waals surface area (Å²) in [5.41, 5.74) is 7.38. The standard InChI is InChI=1S/C19H24N4O/c1-5-6-12-20-23-15(4)22-17-18(23)13(2)14(3)21-19(17)24-16-10-8-7-9-11-16/h7-11,20H,5-6,12H2,1-4H3. The number of para-hydroxylation sites is 1. The van der Waals surface area contributed by atoms with Gasteiger partial charge in [-0.25, -0.2) is 14.6 Å². The number of hydrogen-bond acceptors (Lipinski definition) is 4. The lowest BCUT2D eigenvalue weighted by atomic mass is 10.2. The number of imidazole rings is 1. The van der Waals surface area contributed by atoms with E-state index in [1.54, 1.807) is 0 Å². The van der Waals surface area contributed by atoms with Gasteiger partial charge in [-0.1, -0.05) is 31.5 Å². The third-order valence-electron chi connectivity index (χ3n) is 4.17. The number of rotatable bonds is 6. The van der Waals surface area contributed by atoms with Gasteiger partial charge in [0.05, 0.1) is 0 Å². The first kappa shape index (κ1) is 16.3. The highest BCUT2D eigenvalue weighted by atomic mass is 16.5. The maximum absolute atomic E-state index is 6.01. The average Bonchev–Trinajstić information content (AvgIpc) is 2.91. The monoisotopic (exact) mass is 324 g/mol. The van der Waals surface area contributed by atoms with Gasteiger partial charge in [0.15, 0.2) is 5.52 Å². The molecule has 0 amide bonds. The highest BCUT2D eigenvalue weighted by Crippen LogP contribution is 2.31. The van der Waals surface area contributed by atoms with Crippen LogP contribution in [0.25, 0.3) is 11.0 Å². The van der Waals surface area contributed by atoms with Crippen LogP contribution in [0.15, 0.2) is 30.3 Å². The summed E-state index contributed by atoms with van der Waals surface area (Å²) in [4.78, 5) is 9.32. The fraction of sp³-hybridized carbons (Fsp3) is 0.368. The minimum atomic E-state index is 0.554. The van der Waals surface area contributed by atoms with Crippen LogP contribution in [0.5, 0.6) is 11.6 Å². The molecule has 0 atom stereocenters. The zero-order chi connectivity index (χ0) is 17.1. The van der Waals surface area contributed by atoms with Crippen molar-refractivity contribution < 1.29 is 4.74 Å². The van der Waals surface area contributed by atoms with Crippen LogP contribution < -0.4 is 10.2 Å². The van der Waals surface area contributed by atoms with E-state index in [-0.39, 0.29) is 0 Å². The number of aryl methyl sites for hydroxylation is 3. The number of nitrogens with one attached hydrogen (secondary N) is 1. The van der Waals surface area contributed by atoms with E-state index in [1.807, 2.05) is 44.2 Å². The van der Waals surface area contributed by atoms with E-state index in [1.165, 1.54) is 0 Å². The molecule has 2 heterocycles. The Labute approximate surface area is 142 Å². The Morgan fingerprint density at radius 1 is 1.08 bits per heavy atom. The van der Waals surface area contributed by atoms with Crippen LogP contribution in [0.3, 0.4) is 0 Å². The van der Waals surface area contributed by atoms with Gasteiger partial charge < -0.3 is 10.2 Å². The molecule has 0 saturated carbocycles. The first-order chi connectivity index (χ1) is 11.6. The first-order valence-electron chi connectivity index (χ1n) is 8.44. The van der Waals surface area contributed by atoms with Crippen LogP contribution in [-0.4, -0.2) is 21.2 Å². The smallest absolute Gasteiger partial charge is 0.248 e. The number of hydrogen-bond donors (Lipinski definition) is 1. The molecule has 5 heteroatoms. The zero-order valence-corrected chi connectivity index (χ0v) is 14.8. The van der Waals surface area contributed by atoms with Gasteiger partial charge in [-0.05, 0) is 44.9 Å². The molecule has 2 aromatic heterocycles. The Morgan fingerprint density at radius 3 is 2.54 bits per heavy atom. The van der Waals surface area contributed by atoms with Gasteiger partial charge in [0.25, 0.3) is 0 Å². The van der Waals surface area contributed by atoms with Crippen molar-refractivity contribution in [2.45, 2.75) is 40.5 Å². The largest absolute Gasteiger partial charge is 0.437 e. The van der Waals surface area contributed by atoms with Crippen LogP contribution in [0.1, 0.15) is 36.8 Å². The molecule has 1 N–H and O–H groups in total. The fourth-order valence-electron chi connectivity index (χ4n) is 2.72. The number of unbranched alkanes of at least 4 members (excludes halogenated alkanes) is 1. The Bertz CT molecular complexity index is 840. The topological polar surface area (TPSA) is 52.0 Å². The molecule has 0 spiro atoms. The van der Waals surface area contributed by atoms with Gasteiger partial charge >= 0.3 is 0 Å². The summed E-state index contributed by atoms with van der Waals surface area (Å²) in [6.45, 7) is 9.19. The van der Waals surface area contributed by atoms with Crippen molar-refractivity contribution in [3.05, 3.63) is 47.4 Å². The molecule has 0 aliphatic rings. The van der Waals surface area contributed by atoms with Crippen LogP contribution in [0.4, 0.5) is 0 Å². The maximum Gasteiger partial charge on any atom is 0.248 e. The number of fused-ring (bicyclic) bond motifs is 1. The predicted molar refractivity (Wildman–Crippen MR) is 97.4 cm³/mol. The average molecular weight is 324 g/mol. The molecule has 0 radical (unpaired) electrons. The molecular weight excluding hydrogens is 300 g/mol. The van der Waals surface area contributed by atoms with E-state index >= 15 is 0 Å². The van der Waals surface area contributed by atoms with E-state index in [9.17, 15) is 0 Å². The summed E-state index contributed by atoms with van der Waals surface area (Å²) < 4.78 is 8.07. The van der Waals surface area contributed by atoms with Crippen molar-refractivity contribution >= 4 is 11.0 Å². The lowest BCUT2D eigenvalue weighted by molar-refractivity contribution is 0.466. The quantitative estimate of drug-likeness (QED) is 0.679. The van der Waals surface area contributed by atoms with E-state index in [4.69, 9.17) is 9.72 Å². The van der Waals surface area contributed by atoms with E-state index in [0.29, 0.717) is 5.88 Å². The predicted octanol–water partition coefficient (Wildman–Crippen LogP) is 4.49. The minimum Gasteiger partial charge on any atom is -0.437 e. The second-order valence-electron chi connectivity index (χ2n) is 6.00. The van der Waals surface area contributed by atoms with Gasteiger partial charge in [-0.3, -0.25) is 0 Å². The van der Waals surface area contributed by atoms with Crippen LogP contribution in [0, 0.1) is 20.8 Å². The molecule has 1 aromatic carbocycles. The Kier molecular flexibility index (Phi) is 4.69. The molecule has 3 aromatic rings. The molecule has 0 aliphatic carbocycles. The van der Waals surface area contributed by atoms with Gasteiger partial charge in [0.1, 0.15) is 17.1 Å². The molecule has 0 fully saturated rings. The van der Waals surface area contributed by atoms with Crippen molar-refractivity contribution in [1.82, 2.24) is 14.6 Å². The van der Waals surface area contributed by atoms with Gasteiger partial charge in [0, 0.05) is 12.2 Å². The molecule has 0 aliphatic heterocycles. The fourth-order valence-corrected chi connectivity index (χ4v) is 2.72. The molecule has 0 bridgehead atoms. The van der Waals surface area contributed by atoms with Crippen molar-refractivity contribution in [2.75, 3.05) is 12.0 Å². The Balaban J connectivity index is 2.08. The van der Waals surface area contributed by atoms with E-state index in [0.717, 1.165) is 53.3 Å². The highest BCUT2D eigenvalue weighted by molar-refractivity contribution is 5.85.